The molecule has 0 saturated carbocycles. The summed E-state index contributed by atoms with van der Waals surface area (Å²) in [6.07, 6.45) is 0. The van der Waals surface area contributed by atoms with Crippen molar-refractivity contribution >= 4 is 29.1 Å². The van der Waals surface area contributed by atoms with Crippen LogP contribution in [-0.4, -0.2) is 12.5 Å². The molecule has 0 atom stereocenters. The van der Waals surface area contributed by atoms with Crippen LogP contribution in [-0.2, 0) is 6.54 Å². The van der Waals surface area contributed by atoms with Gasteiger partial charge in [0.1, 0.15) is 5.75 Å². The van der Waals surface area contributed by atoms with Crippen molar-refractivity contribution in [2.24, 2.45) is 0 Å². The van der Waals surface area contributed by atoms with E-state index in [0.717, 1.165) is 5.56 Å². The molecule has 21 heavy (non-hydrogen) atoms. The van der Waals surface area contributed by atoms with Crippen LogP contribution < -0.4 is 10.1 Å². The summed E-state index contributed by atoms with van der Waals surface area (Å²) in [5.74, 6) is 0.366. The first-order valence-corrected chi connectivity index (χ1v) is 7.31. The first kappa shape index (κ1) is 15.7. The Morgan fingerprint density at radius 1 is 1.19 bits per heavy atom. The van der Waals surface area contributed by atoms with Gasteiger partial charge in [-0.3, -0.25) is 4.79 Å². The summed E-state index contributed by atoms with van der Waals surface area (Å²) in [5.41, 5.74) is 1.31. The lowest BCUT2D eigenvalue weighted by atomic mass is 10.1. The van der Waals surface area contributed by atoms with Gasteiger partial charge in [0.15, 0.2) is 0 Å². The summed E-state index contributed by atoms with van der Waals surface area (Å²) in [5, 5.41) is 3.92. The van der Waals surface area contributed by atoms with E-state index in [4.69, 9.17) is 27.9 Å². The molecule has 0 bridgehead atoms. The van der Waals surface area contributed by atoms with Gasteiger partial charge in [-0.05, 0) is 36.8 Å². The number of hydrogen-bond acceptors (Lipinski definition) is 2. The number of hydrogen-bond donors (Lipinski definition) is 1. The van der Waals surface area contributed by atoms with E-state index in [2.05, 4.69) is 5.32 Å². The van der Waals surface area contributed by atoms with Gasteiger partial charge in [-0.2, -0.15) is 0 Å². The van der Waals surface area contributed by atoms with Crippen LogP contribution in [0, 0.1) is 0 Å². The van der Waals surface area contributed by atoms with E-state index in [-0.39, 0.29) is 5.91 Å². The molecule has 0 spiro atoms. The van der Waals surface area contributed by atoms with Crippen LogP contribution in [0.25, 0.3) is 0 Å². The molecule has 0 heterocycles. The summed E-state index contributed by atoms with van der Waals surface area (Å²) >= 11 is 11.9. The van der Waals surface area contributed by atoms with E-state index in [9.17, 15) is 4.79 Å². The van der Waals surface area contributed by atoms with E-state index in [1.165, 1.54) is 0 Å². The fraction of sp³-hybridized carbons (Fsp3) is 0.188. The topological polar surface area (TPSA) is 38.3 Å². The van der Waals surface area contributed by atoms with Gasteiger partial charge in [-0.1, -0.05) is 41.4 Å². The van der Waals surface area contributed by atoms with Crippen LogP contribution in [0.4, 0.5) is 0 Å². The van der Waals surface area contributed by atoms with Gasteiger partial charge >= 0.3 is 0 Å². The van der Waals surface area contributed by atoms with Crippen LogP contribution in [0.15, 0.2) is 42.5 Å². The third-order valence-corrected chi connectivity index (χ3v) is 3.47. The first-order valence-electron chi connectivity index (χ1n) is 6.55. The van der Waals surface area contributed by atoms with Crippen LogP contribution >= 0.6 is 23.2 Å². The van der Waals surface area contributed by atoms with E-state index in [1.807, 2.05) is 13.0 Å². The van der Waals surface area contributed by atoms with E-state index < -0.39 is 0 Å². The molecule has 3 nitrogen and oxygen atoms in total. The fourth-order valence-electron chi connectivity index (χ4n) is 1.87. The average Bonchev–Trinajstić information content (AvgIpc) is 2.47. The zero-order chi connectivity index (χ0) is 15.2. The molecule has 110 valence electrons. The quantitative estimate of drug-likeness (QED) is 0.889. The Kier molecular flexibility index (Phi) is 5.48. The van der Waals surface area contributed by atoms with Crippen molar-refractivity contribution in [2.75, 3.05) is 6.61 Å². The van der Waals surface area contributed by atoms with Gasteiger partial charge in [-0.15, -0.1) is 0 Å². The maximum atomic E-state index is 12.2. The zero-order valence-corrected chi connectivity index (χ0v) is 13.0. The van der Waals surface area contributed by atoms with Crippen molar-refractivity contribution in [1.29, 1.82) is 0 Å². The van der Waals surface area contributed by atoms with Crippen molar-refractivity contribution in [3.8, 4) is 5.75 Å². The fourth-order valence-corrected chi connectivity index (χ4v) is 2.35. The molecule has 0 saturated heterocycles. The number of rotatable bonds is 5. The highest BCUT2D eigenvalue weighted by molar-refractivity contribution is 6.35. The van der Waals surface area contributed by atoms with Crippen molar-refractivity contribution < 1.29 is 9.53 Å². The van der Waals surface area contributed by atoms with Gasteiger partial charge in [0.2, 0.25) is 0 Å². The van der Waals surface area contributed by atoms with Crippen LogP contribution in [0.3, 0.4) is 0 Å². The standard InChI is InChI=1S/C16H15Cl2NO2/c1-2-21-15-6-4-3-5-13(15)16(20)19-10-11-7-8-12(17)9-14(11)18/h3-9H,2,10H2,1H3,(H,19,20). The summed E-state index contributed by atoms with van der Waals surface area (Å²) in [4.78, 5) is 12.2. The molecule has 0 aliphatic carbocycles. The molecule has 0 aliphatic rings. The molecule has 5 heteroatoms. The highest BCUT2D eigenvalue weighted by atomic mass is 35.5. The molecule has 0 unspecified atom stereocenters. The Hall–Kier alpha value is -1.71. The second-order valence-corrected chi connectivity index (χ2v) is 5.19. The number of amides is 1. The minimum absolute atomic E-state index is 0.204. The molecule has 0 aliphatic heterocycles. The maximum Gasteiger partial charge on any atom is 0.255 e. The predicted molar refractivity (Wildman–Crippen MR) is 85.2 cm³/mol. The molecular weight excluding hydrogens is 309 g/mol. The molecule has 0 radical (unpaired) electrons. The molecule has 2 rings (SSSR count). The Morgan fingerprint density at radius 3 is 2.67 bits per heavy atom. The number of para-hydroxylation sites is 1. The van der Waals surface area contributed by atoms with Crippen LogP contribution in [0.1, 0.15) is 22.8 Å². The summed E-state index contributed by atoms with van der Waals surface area (Å²) in [6.45, 7) is 2.71. The van der Waals surface area contributed by atoms with Crippen LogP contribution in [0.2, 0.25) is 10.0 Å². The second-order valence-electron chi connectivity index (χ2n) is 4.35. The number of carbonyl (C=O) groups excluding carboxylic acids is 1. The van der Waals surface area contributed by atoms with Crippen molar-refractivity contribution in [3.05, 3.63) is 63.6 Å². The molecule has 1 amide bonds. The van der Waals surface area contributed by atoms with Crippen molar-refractivity contribution in [2.45, 2.75) is 13.5 Å². The SMILES string of the molecule is CCOc1ccccc1C(=O)NCc1ccc(Cl)cc1Cl. The van der Waals surface area contributed by atoms with Crippen molar-refractivity contribution in [1.82, 2.24) is 5.32 Å². The summed E-state index contributed by atoms with van der Waals surface area (Å²) in [7, 11) is 0. The number of ether oxygens (including phenoxy) is 1. The normalized spacial score (nSPS) is 10.2. The van der Waals surface area contributed by atoms with Crippen molar-refractivity contribution in [3.63, 3.8) is 0 Å². The van der Waals surface area contributed by atoms with Gasteiger partial charge in [-0.25, -0.2) is 0 Å². The highest BCUT2D eigenvalue weighted by Gasteiger charge is 2.12. The average molecular weight is 324 g/mol. The van der Waals surface area contributed by atoms with Gasteiger partial charge in [0.25, 0.3) is 5.91 Å². The van der Waals surface area contributed by atoms with E-state index in [0.29, 0.717) is 34.5 Å². The lowest BCUT2D eigenvalue weighted by molar-refractivity contribution is 0.0947. The molecule has 2 aromatic rings. The summed E-state index contributed by atoms with van der Waals surface area (Å²) in [6, 6.07) is 12.3. The Balaban J connectivity index is 2.08. The molecule has 0 aromatic heterocycles. The lowest BCUT2D eigenvalue weighted by Gasteiger charge is -2.11. The van der Waals surface area contributed by atoms with Gasteiger partial charge in [0.05, 0.1) is 12.2 Å². The molecule has 0 fully saturated rings. The third-order valence-electron chi connectivity index (χ3n) is 2.89. The lowest BCUT2D eigenvalue weighted by Crippen LogP contribution is -2.23. The third kappa shape index (κ3) is 4.13. The van der Waals surface area contributed by atoms with Gasteiger partial charge < -0.3 is 10.1 Å². The predicted octanol–water partition coefficient (Wildman–Crippen LogP) is 4.32. The number of carbonyl (C=O) groups is 1. The van der Waals surface area contributed by atoms with Gasteiger partial charge in [0, 0.05) is 16.6 Å². The monoisotopic (exact) mass is 323 g/mol. The first-order chi connectivity index (χ1) is 10.1. The van der Waals surface area contributed by atoms with E-state index >= 15 is 0 Å². The minimum Gasteiger partial charge on any atom is -0.493 e. The van der Waals surface area contributed by atoms with Crippen LogP contribution in [0.5, 0.6) is 5.75 Å². The number of benzene rings is 2. The molecule has 1 N–H and O–H groups in total. The second kappa shape index (κ2) is 7.34. The summed E-state index contributed by atoms with van der Waals surface area (Å²) < 4.78 is 5.45. The Labute approximate surface area is 133 Å². The number of nitrogens with one attached hydrogen (secondary N) is 1. The maximum absolute atomic E-state index is 12.2. The Bertz CT molecular complexity index is 644. The highest BCUT2D eigenvalue weighted by Crippen LogP contribution is 2.21. The minimum atomic E-state index is -0.204. The zero-order valence-electron chi connectivity index (χ0n) is 11.5. The molecule has 2 aromatic carbocycles. The molecular formula is C16H15Cl2NO2. The Morgan fingerprint density at radius 2 is 1.95 bits per heavy atom. The largest absolute Gasteiger partial charge is 0.493 e. The number of halogens is 2. The smallest absolute Gasteiger partial charge is 0.255 e. The van der Waals surface area contributed by atoms with E-state index in [1.54, 1.807) is 36.4 Å².